The lowest BCUT2D eigenvalue weighted by Crippen LogP contribution is -2.43. The first-order chi connectivity index (χ1) is 10.2. The van der Waals surface area contributed by atoms with E-state index in [1.54, 1.807) is 6.20 Å². The van der Waals surface area contributed by atoms with E-state index in [2.05, 4.69) is 15.6 Å². The molecule has 0 radical (unpaired) electrons. The monoisotopic (exact) mass is 303 g/mol. The Bertz CT molecular complexity index is 681. The second-order valence-corrected chi connectivity index (χ2v) is 5.85. The maximum Gasteiger partial charge on any atom is 0.241 e. The number of amides is 1. The van der Waals surface area contributed by atoms with Gasteiger partial charge in [-0.1, -0.05) is 18.0 Å². The molecule has 2 N–H and O–H groups in total. The van der Waals surface area contributed by atoms with E-state index in [4.69, 9.17) is 11.6 Å². The zero-order valence-corrected chi connectivity index (χ0v) is 12.7. The van der Waals surface area contributed by atoms with E-state index in [0.29, 0.717) is 10.7 Å². The van der Waals surface area contributed by atoms with Crippen LogP contribution in [0, 0.1) is 6.92 Å². The molecule has 1 aliphatic rings. The summed E-state index contributed by atoms with van der Waals surface area (Å²) >= 11 is 6.33. The van der Waals surface area contributed by atoms with Gasteiger partial charge in [-0.15, -0.1) is 0 Å². The molecule has 4 nitrogen and oxygen atoms in total. The van der Waals surface area contributed by atoms with Crippen LogP contribution >= 0.6 is 11.6 Å². The SMILES string of the molecule is Cc1cc(Cl)c(NC(=O)[C@H]2CCCCN2)c2cccnc12. The molecule has 1 aromatic heterocycles. The number of rotatable bonds is 2. The smallest absolute Gasteiger partial charge is 0.241 e. The zero-order chi connectivity index (χ0) is 14.8. The minimum absolute atomic E-state index is 0.0226. The predicted octanol–water partition coefficient (Wildman–Crippen LogP) is 3.28. The van der Waals surface area contributed by atoms with E-state index in [-0.39, 0.29) is 11.9 Å². The number of halogens is 1. The van der Waals surface area contributed by atoms with Gasteiger partial charge in [0.25, 0.3) is 0 Å². The first-order valence-corrected chi connectivity index (χ1v) is 7.62. The van der Waals surface area contributed by atoms with Gasteiger partial charge in [0.05, 0.1) is 22.3 Å². The summed E-state index contributed by atoms with van der Waals surface area (Å²) in [4.78, 5) is 16.8. The Kier molecular flexibility index (Phi) is 4.08. The van der Waals surface area contributed by atoms with Crippen LogP contribution < -0.4 is 10.6 Å². The summed E-state index contributed by atoms with van der Waals surface area (Å²) < 4.78 is 0. The molecular formula is C16H18ClN3O. The summed E-state index contributed by atoms with van der Waals surface area (Å²) in [5.41, 5.74) is 2.53. The predicted molar refractivity (Wildman–Crippen MR) is 85.8 cm³/mol. The van der Waals surface area contributed by atoms with Crippen LogP contribution in [0.2, 0.25) is 5.02 Å². The molecule has 1 fully saturated rings. The highest BCUT2D eigenvalue weighted by Crippen LogP contribution is 2.32. The molecule has 2 heterocycles. The van der Waals surface area contributed by atoms with Gasteiger partial charge < -0.3 is 10.6 Å². The Morgan fingerprint density at radius 1 is 1.48 bits per heavy atom. The second kappa shape index (κ2) is 6.00. The number of fused-ring (bicyclic) bond motifs is 1. The lowest BCUT2D eigenvalue weighted by atomic mass is 10.0. The molecule has 3 rings (SSSR count). The topological polar surface area (TPSA) is 54.0 Å². The molecule has 2 aromatic rings. The maximum absolute atomic E-state index is 12.4. The molecule has 21 heavy (non-hydrogen) atoms. The third-order valence-electron chi connectivity index (χ3n) is 3.91. The lowest BCUT2D eigenvalue weighted by Gasteiger charge is -2.23. The third kappa shape index (κ3) is 2.87. The van der Waals surface area contributed by atoms with Gasteiger partial charge in [0, 0.05) is 11.6 Å². The van der Waals surface area contributed by atoms with Gasteiger partial charge in [-0.05, 0) is 50.1 Å². The average Bonchev–Trinajstić information content (AvgIpc) is 2.52. The summed E-state index contributed by atoms with van der Waals surface area (Å²) in [6.07, 6.45) is 4.82. The van der Waals surface area contributed by atoms with Crippen molar-refractivity contribution in [3.8, 4) is 0 Å². The van der Waals surface area contributed by atoms with Gasteiger partial charge in [-0.2, -0.15) is 0 Å². The summed E-state index contributed by atoms with van der Waals surface area (Å²) in [5, 5.41) is 7.66. The van der Waals surface area contributed by atoms with Crippen LogP contribution in [0.5, 0.6) is 0 Å². The van der Waals surface area contributed by atoms with Crippen molar-refractivity contribution in [1.82, 2.24) is 10.3 Å². The number of carbonyl (C=O) groups is 1. The van der Waals surface area contributed by atoms with Crippen molar-refractivity contribution < 1.29 is 4.79 Å². The van der Waals surface area contributed by atoms with Gasteiger partial charge in [0.2, 0.25) is 5.91 Å². The van der Waals surface area contributed by atoms with Crippen molar-refractivity contribution >= 4 is 34.1 Å². The van der Waals surface area contributed by atoms with Crippen LogP contribution in [0.15, 0.2) is 24.4 Å². The molecule has 1 atom stereocenters. The number of hydrogen-bond donors (Lipinski definition) is 2. The van der Waals surface area contributed by atoms with Crippen LogP contribution in [0.25, 0.3) is 10.9 Å². The van der Waals surface area contributed by atoms with Crippen molar-refractivity contribution in [2.75, 3.05) is 11.9 Å². The van der Waals surface area contributed by atoms with Crippen LogP contribution in [0.1, 0.15) is 24.8 Å². The molecule has 0 unspecified atom stereocenters. The molecule has 0 bridgehead atoms. The Morgan fingerprint density at radius 2 is 2.33 bits per heavy atom. The Hall–Kier alpha value is -1.65. The second-order valence-electron chi connectivity index (χ2n) is 5.44. The normalized spacial score (nSPS) is 18.7. The van der Waals surface area contributed by atoms with Gasteiger partial charge in [-0.25, -0.2) is 0 Å². The molecule has 5 heteroatoms. The first kappa shape index (κ1) is 14.3. The highest BCUT2D eigenvalue weighted by molar-refractivity contribution is 6.35. The van der Waals surface area contributed by atoms with Crippen LogP contribution in [-0.2, 0) is 4.79 Å². The number of carbonyl (C=O) groups excluding carboxylic acids is 1. The molecule has 0 saturated carbocycles. The lowest BCUT2D eigenvalue weighted by molar-refractivity contribution is -0.118. The largest absolute Gasteiger partial charge is 0.323 e. The first-order valence-electron chi connectivity index (χ1n) is 7.25. The molecule has 1 aliphatic heterocycles. The minimum Gasteiger partial charge on any atom is -0.323 e. The van der Waals surface area contributed by atoms with Crippen molar-refractivity contribution in [3.05, 3.63) is 35.0 Å². The molecule has 110 valence electrons. The average molecular weight is 304 g/mol. The molecule has 1 saturated heterocycles. The van der Waals surface area contributed by atoms with Crippen molar-refractivity contribution in [2.24, 2.45) is 0 Å². The highest BCUT2D eigenvalue weighted by Gasteiger charge is 2.22. The van der Waals surface area contributed by atoms with E-state index in [0.717, 1.165) is 42.3 Å². The van der Waals surface area contributed by atoms with Crippen LogP contribution in [-0.4, -0.2) is 23.5 Å². The van der Waals surface area contributed by atoms with Crippen molar-refractivity contribution in [3.63, 3.8) is 0 Å². The van der Waals surface area contributed by atoms with Crippen LogP contribution in [0.3, 0.4) is 0 Å². The molecule has 0 aliphatic carbocycles. The highest BCUT2D eigenvalue weighted by atomic mass is 35.5. The summed E-state index contributed by atoms with van der Waals surface area (Å²) in [6, 6.07) is 5.50. The van der Waals surface area contributed by atoms with E-state index in [9.17, 15) is 4.79 Å². The summed E-state index contributed by atoms with van der Waals surface area (Å²) in [7, 11) is 0. The van der Waals surface area contributed by atoms with Gasteiger partial charge >= 0.3 is 0 Å². The maximum atomic E-state index is 12.4. The number of anilines is 1. The fourth-order valence-electron chi connectivity index (χ4n) is 2.79. The fourth-order valence-corrected chi connectivity index (χ4v) is 3.11. The summed E-state index contributed by atoms with van der Waals surface area (Å²) in [6.45, 7) is 2.86. The molecule has 1 aromatic carbocycles. The van der Waals surface area contributed by atoms with Gasteiger partial charge in [0.15, 0.2) is 0 Å². The Labute approximate surface area is 128 Å². The number of pyridine rings is 1. The number of piperidine rings is 1. The minimum atomic E-state index is -0.136. The number of aryl methyl sites for hydroxylation is 1. The summed E-state index contributed by atoms with van der Waals surface area (Å²) in [5.74, 6) is -0.0226. The number of hydrogen-bond acceptors (Lipinski definition) is 3. The van der Waals surface area contributed by atoms with E-state index in [1.807, 2.05) is 25.1 Å². The van der Waals surface area contributed by atoms with Crippen molar-refractivity contribution in [1.29, 1.82) is 0 Å². The van der Waals surface area contributed by atoms with Crippen LogP contribution in [0.4, 0.5) is 5.69 Å². The van der Waals surface area contributed by atoms with Crippen molar-refractivity contribution in [2.45, 2.75) is 32.2 Å². The zero-order valence-electron chi connectivity index (χ0n) is 11.9. The standard InChI is InChI=1S/C16H18ClN3O/c1-10-9-12(17)15(11-5-4-8-19-14(10)11)20-16(21)13-6-2-3-7-18-13/h4-5,8-9,13,18H,2-3,6-7H2,1H3,(H,20,21)/t13-/m1/s1. The van der Waals surface area contributed by atoms with E-state index in [1.165, 1.54) is 0 Å². The third-order valence-corrected chi connectivity index (χ3v) is 4.21. The van der Waals surface area contributed by atoms with E-state index < -0.39 is 0 Å². The van der Waals surface area contributed by atoms with Gasteiger partial charge in [-0.3, -0.25) is 9.78 Å². The number of aromatic nitrogens is 1. The van der Waals surface area contributed by atoms with E-state index >= 15 is 0 Å². The Balaban J connectivity index is 1.94. The molecule has 0 spiro atoms. The molecular weight excluding hydrogens is 286 g/mol. The Morgan fingerprint density at radius 3 is 3.10 bits per heavy atom. The quantitative estimate of drug-likeness (QED) is 0.895. The fraction of sp³-hybridized carbons (Fsp3) is 0.375. The number of nitrogens with zero attached hydrogens (tertiary/aromatic N) is 1. The molecule has 1 amide bonds. The van der Waals surface area contributed by atoms with Gasteiger partial charge in [0.1, 0.15) is 0 Å². The number of benzene rings is 1. The number of nitrogens with one attached hydrogen (secondary N) is 2.